The Morgan fingerprint density at radius 3 is 2.78 bits per heavy atom. The molecular weight excluding hydrogens is 370 g/mol. The predicted molar refractivity (Wildman–Crippen MR) is 97.1 cm³/mol. The van der Waals surface area contributed by atoms with Crippen molar-refractivity contribution in [2.45, 2.75) is 19.5 Å². The fraction of sp³-hybridized carbons (Fsp3) is 0.211. The Balaban J connectivity index is 1.62. The van der Waals surface area contributed by atoms with Crippen molar-refractivity contribution in [1.29, 1.82) is 5.26 Å². The lowest BCUT2D eigenvalue weighted by atomic mass is 10.0. The van der Waals surface area contributed by atoms with Crippen LogP contribution in [0, 0.1) is 23.0 Å². The first-order valence-corrected chi connectivity index (χ1v) is 9.19. The number of fused-ring (bicyclic) bond motifs is 1. The van der Waals surface area contributed by atoms with Gasteiger partial charge in [0.1, 0.15) is 11.6 Å². The maximum Gasteiger partial charge on any atom is 0.254 e. The van der Waals surface area contributed by atoms with Gasteiger partial charge in [0.2, 0.25) is 0 Å². The molecule has 1 aliphatic heterocycles. The molecule has 0 fully saturated rings. The maximum absolute atomic E-state index is 14.2. The average Bonchev–Trinajstić information content (AvgIpc) is 3.19. The first-order valence-electron chi connectivity index (χ1n) is 8.31. The van der Waals surface area contributed by atoms with Crippen molar-refractivity contribution in [1.82, 2.24) is 14.9 Å². The van der Waals surface area contributed by atoms with Gasteiger partial charge >= 0.3 is 0 Å². The van der Waals surface area contributed by atoms with Crippen LogP contribution in [0.4, 0.5) is 8.78 Å². The molecule has 0 unspecified atom stereocenters. The zero-order chi connectivity index (χ0) is 19.0. The van der Waals surface area contributed by atoms with Crippen LogP contribution in [0.25, 0.3) is 10.7 Å². The SMILES string of the molecule is N#Cc1cc(F)c(CN2CCc3c(nc(-c4cccs4)[nH]c3=O)C2)c(F)c1. The smallest absolute Gasteiger partial charge is 0.254 e. The number of aromatic amines is 1. The standard InChI is InChI=1S/C19H14F2N4OS/c20-14-6-11(8-22)7-15(21)13(14)9-25-4-3-12-16(10-25)23-18(24-19(12)26)17-2-1-5-27-17/h1-2,5-7H,3-4,9-10H2,(H,23,24,26). The molecule has 4 rings (SSSR count). The highest BCUT2D eigenvalue weighted by Gasteiger charge is 2.23. The molecule has 3 aromatic rings. The minimum atomic E-state index is -0.740. The van der Waals surface area contributed by atoms with Gasteiger partial charge in [-0.05, 0) is 30.0 Å². The molecule has 3 heterocycles. The Hall–Kier alpha value is -2.89. The van der Waals surface area contributed by atoms with Gasteiger partial charge in [0, 0.05) is 30.8 Å². The lowest BCUT2D eigenvalue weighted by Crippen LogP contribution is -2.35. The first-order chi connectivity index (χ1) is 13.0. The van der Waals surface area contributed by atoms with Gasteiger partial charge in [-0.15, -0.1) is 11.3 Å². The third-order valence-corrected chi connectivity index (χ3v) is 5.44. The summed E-state index contributed by atoms with van der Waals surface area (Å²) >= 11 is 1.47. The van der Waals surface area contributed by atoms with Gasteiger partial charge in [0.15, 0.2) is 5.82 Å². The average molecular weight is 384 g/mol. The van der Waals surface area contributed by atoms with Crippen molar-refractivity contribution in [3.63, 3.8) is 0 Å². The van der Waals surface area contributed by atoms with E-state index < -0.39 is 11.6 Å². The van der Waals surface area contributed by atoms with E-state index in [-0.39, 0.29) is 23.2 Å². The Labute approximate surface area is 157 Å². The number of hydrogen-bond acceptors (Lipinski definition) is 5. The highest BCUT2D eigenvalue weighted by Crippen LogP contribution is 2.24. The molecule has 0 bridgehead atoms. The van der Waals surface area contributed by atoms with Crippen molar-refractivity contribution >= 4 is 11.3 Å². The number of nitrogens with zero attached hydrogens (tertiary/aromatic N) is 3. The van der Waals surface area contributed by atoms with Crippen LogP contribution in [0.15, 0.2) is 34.4 Å². The van der Waals surface area contributed by atoms with E-state index in [1.807, 2.05) is 22.4 Å². The minimum Gasteiger partial charge on any atom is -0.306 e. The highest BCUT2D eigenvalue weighted by atomic mass is 32.1. The van der Waals surface area contributed by atoms with Gasteiger partial charge in [-0.3, -0.25) is 9.69 Å². The normalized spacial score (nSPS) is 14.0. The van der Waals surface area contributed by atoms with Crippen molar-refractivity contribution in [2.24, 2.45) is 0 Å². The van der Waals surface area contributed by atoms with E-state index in [1.54, 1.807) is 6.07 Å². The number of benzene rings is 1. The van der Waals surface area contributed by atoms with E-state index in [0.29, 0.717) is 36.6 Å². The maximum atomic E-state index is 14.2. The molecule has 0 radical (unpaired) electrons. The van der Waals surface area contributed by atoms with Gasteiger partial charge in [-0.25, -0.2) is 13.8 Å². The molecule has 0 saturated carbocycles. The molecule has 0 atom stereocenters. The fourth-order valence-electron chi connectivity index (χ4n) is 3.20. The molecule has 0 saturated heterocycles. The van der Waals surface area contributed by atoms with Crippen molar-refractivity contribution in [3.05, 3.63) is 74.0 Å². The number of aromatic nitrogens is 2. The predicted octanol–water partition coefficient (Wildman–Crippen LogP) is 3.21. The van der Waals surface area contributed by atoms with Gasteiger partial charge < -0.3 is 4.98 Å². The van der Waals surface area contributed by atoms with E-state index in [4.69, 9.17) is 5.26 Å². The topological polar surface area (TPSA) is 72.8 Å². The summed E-state index contributed by atoms with van der Waals surface area (Å²) in [6.07, 6.45) is 0.460. The van der Waals surface area contributed by atoms with Crippen LogP contribution in [0.2, 0.25) is 0 Å². The molecule has 1 aliphatic rings. The summed E-state index contributed by atoms with van der Waals surface area (Å²) in [6.45, 7) is 0.872. The van der Waals surface area contributed by atoms with Crippen molar-refractivity contribution in [3.8, 4) is 16.8 Å². The van der Waals surface area contributed by atoms with E-state index >= 15 is 0 Å². The number of hydrogen-bond donors (Lipinski definition) is 1. The van der Waals surface area contributed by atoms with Gasteiger partial charge in [-0.1, -0.05) is 6.07 Å². The number of thiophene rings is 1. The zero-order valence-electron chi connectivity index (χ0n) is 14.1. The van der Waals surface area contributed by atoms with Crippen LogP contribution in [0.1, 0.15) is 22.4 Å². The molecular formula is C19H14F2N4OS. The fourth-order valence-corrected chi connectivity index (χ4v) is 3.87. The quantitative estimate of drug-likeness (QED) is 0.753. The Bertz CT molecular complexity index is 1080. The summed E-state index contributed by atoms with van der Waals surface area (Å²) in [6, 6.07) is 7.56. The van der Waals surface area contributed by atoms with Gasteiger partial charge in [0.05, 0.1) is 22.2 Å². The number of H-pyrrole nitrogens is 1. The second-order valence-corrected chi connectivity index (χ2v) is 7.26. The Morgan fingerprint density at radius 2 is 2.11 bits per heavy atom. The molecule has 0 aliphatic carbocycles. The molecule has 2 aromatic heterocycles. The monoisotopic (exact) mass is 384 g/mol. The second kappa shape index (κ2) is 7.02. The molecule has 136 valence electrons. The van der Waals surface area contributed by atoms with Crippen molar-refractivity contribution < 1.29 is 8.78 Å². The van der Waals surface area contributed by atoms with Crippen molar-refractivity contribution in [2.75, 3.05) is 6.54 Å². The molecule has 1 aromatic carbocycles. The number of nitriles is 1. The third kappa shape index (κ3) is 3.39. The summed E-state index contributed by atoms with van der Waals surface area (Å²) in [4.78, 5) is 22.4. The molecule has 1 N–H and O–H groups in total. The van der Waals surface area contributed by atoms with E-state index in [9.17, 15) is 13.6 Å². The summed E-state index contributed by atoms with van der Waals surface area (Å²) in [5.74, 6) is -0.975. The van der Waals surface area contributed by atoms with Gasteiger partial charge in [0.25, 0.3) is 5.56 Å². The van der Waals surface area contributed by atoms with Crippen LogP contribution in [0.5, 0.6) is 0 Å². The Morgan fingerprint density at radius 1 is 1.33 bits per heavy atom. The van der Waals surface area contributed by atoms with E-state index in [2.05, 4.69) is 9.97 Å². The largest absolute Gasteiger partial charge is 0.306 e. The third-order valence-electron chi connectivity index (χ3n) is 4.56. The van der Waals surface area contributed by atoms with Crippen LogP contribution in [0.3, 0.4) is 0 Å². The number of halogens is 2. The highest BCUT2D eigenvalue weighted by molar-refractivity contribution is 7.13. The second-order valence-electron chi connectivity index (χ2n) is 6.31. The first kappa shape index (κ1) is 17.5. The van der Waals surface area contributed by atoms with Gasteiger partial charge in [-0.2, -0.15) is 5.26 Å². The summed E-state index contributed by atoms with van der Waals surface area (Å²) in [5, 5.41) is 10.7. The molecule has 8 heteroatoms. The summed E-state index contributed by atoms with van der Waals surface area (Å²) in [7, 11) is 0. The van der Waals surface area contributed by atoms with E-state index in [1.165, 1.54) is 11.3 Å². The zero-order valence-corrected chi connectivity index (χ0v) is 14.9. The van der Waals surface area contributed by atoms with Crippen LogP contribution in [-0.2, 0) is 19.5 Å². The molecule has 0 amide bonds. The molecule has 0 spiro atoms. The molecule has 5 nitrogen and oxygen atoms in total. The summed E-state index contributed by atoms with van der Waals surface area (Å²) < 4.78 is 28.4. The van der Waals surface area contributed by atoms with Crippen LogP contribution in [-0.4, -0.2) is 21.4 Å². The van der Waals surface area contributed by atoms with Crippen LogP contribution >= 0.6 is 11.3 Å². The molecule has 27 heavy (non-hydrogen) atoms. The van der Waals surface area contributed by atoms with E-state index in [0.717, 1.165) is 17.0 Å². The number of rotatable bonds is 3. The minimum absolute atomic E-state index is 0.0473. The van der Waals surface area contributed by atoms with Crippen LogP contribution < -0.4 is 5.56 Å². The lowest BCUT2D eigenvalue weighted by Gasteiger charge is -2.28. The lowest BCUT2D eigenvalue weighted by molar-refractivity contribution is 0.233. The Kier molecular flexibility index (Phi) is 4.56. The number of nitrogens with one attached hydrogen (secondary N) is 1. The summed E-state index contributed by atoms with van der Waals surface area (Å²) in [5.41, 5.74) is 0.946.